The Morgan fingerprint density at radius 1 is 1.35 bits per heavy atom. The quantitative estimate of drug-likeness (QED) is 0.353. The van der Waals surface area contributed by atoms with E-state index >= 15 is 0 Å². The Morgan fingerprint density at radius 3 is 2.84 bits per heavy atom. The average molecular weight is 465 g/mol. The minimum Gasteiger partial charge on any atom is -0.463 e. The van der Waals surface area contributed by atoms with Crippen LogP contribution in [0.4, 0.5) is 4.79 Å². The third-order valence-corrected chi connectivity index (χ3v) is 5.97. The van der Waals surface area contributed by atoms with Crippen molar-refractivity contribution < 1.29 is 14.3 Å². The van der Waals surface area contributed by atoms with Crippen LogP contribution in [0.3, 0.4) is 0 Å². The second kappa shape index (κ2) is 10.2. The van der Waals surface area contributed by atoms with Crippen molar-refractivity contribution in [2.75, 3.05) is 18.9 Å². The molecule has 0 radical (unpaired) electrons. The van der Waals surface area contributed by atoms with Crippen molar-refractivity contribution in [1.29, 1.82) is 0 Å². The summed E-state index contributed by atoms with van der Waals surface area (Å²) < 4.78 is 6.74. The highest BCUT2D eigenvalue weighted by Gasteiger charge is 2.24. The molecule has 2 heterocycles. The number of hydrogen-bond acceptors (Lipinski definition) is 6. The summed E-state index contributed by atoms with van der Waals surface area (Å²) in [4.78, 5) is 41.9. The maximum Gasteiger partial charge on any atom is 0.337 e. The van der Waals surface area contributed by atoms with Crippen LogP contribution in [0.1, 0.15) is 27.2 Å². The third-order valence-electron chi connectivity index (χ3n) is 4.73. The van der Waals surface area contributed by atoms with Gasteiger partial charge in [-0.15, -0.1) is 0 Å². The predicted octanol–water partition coefficient (Wildman–Crippen LogP) is 3.32. The van der Waals surface area contributed by atoms with Crippen molar-refractivity contribution >= 4 is 46.3 Å². The monoisotopic (exact) mass is 464 g/mol. The summed E-state index contributed by atoms with van der Waals surface area (Å²) in [7, 11) is 0. The van der Waals surface area contributed by atoms with Gasteiger partial charge >= 0.3 is 12.0 Å². The van der Waals surface area contributed by atoms with Crippen molar-refractivity contribution in [2.24, 2.45) is 5.92 Å². The van der Waals surface area contributed by atoms with Crippen LogP contribution in [0.2, 0.25) is 5.02 Å². The summed E-state index contributed by atoms with van der Waals surface area (Å²) in [5.74, 6) is 0.176. The van der Waals surface area contributed by atoms with Gasteiger partial charge in [0.25, 0.3) is 5.56 Å². The summed E-state index contributed by atoms with van der Waals surface area (Å²) in [5, 5.41) is 6.75. The van der Waals surface area contributed by atoms with Gasteiger partial charge < -0.3 is 15.4 Å². The molecule has 31 heavy (non-hydrogen) atoms. The number of nitrogens with one attached hydrogen (secondary N) is 2. The van der Waals surface area contributed by atoms with E-state index in [0.717, 1.165) is 6.42 Å². The zero-order chi connectivity index (χ0) is 22.5. The van der Waals surface area contributed by atoms with Gasteiger partial charge in [-0.1, -0.05) is 37.2 Å². The topological polar surface area (TPSA) is 102 Å². The van der Waals surface area contributed by atoms with Crippen LogP contribution >= 0.6 is 23.4 Å². The van der Waals surface area contributed by atoms with E-state index in [1.165, 1.54) is 11.8 Å². The first-order valence-electron chi connectivity index (χ1n) is 10.1. The number of benzene rings is 1. The minimum atomic E-state index is -0.485. The van der Waals surface area contributed by atoms with E-state index < -0.39 is 5.97 Å². The number of amides is 2. The number of carbonyl (C=O) groups excluding carboxylic acids is 2. The highest BCUT2D eigenvalue weighted by molar-refractivity contribution is 7.99. The van der Waals surface area contributed by atoms with Crippen LogP contribution in [-0.4, -0.2) is 40.5 Å². The highest BCUT2D eigenvalue weighted by Crippen LogP contribution is 2.24. The Hall–Kier alpha value is -2.52. The maximum atomic E-state index is 13.1. The maximum absolute atomic E-state index is 13.1. The molecule has 0 saturated heterocycles. The predicted molar refractivity (Wildman–Crippen MR) is 121 cm³/mol. The van der Waals surface area contributed by atoms with Crippen LogP contribution in [0.15, 0.2) is 39.4 Å². The number of ether oxygens (including phenoxy) is 1. The molecule has 1 aromatic carbocycles. The highest BCUT2D eigenvalue weighted by atomic mass is 35.5. The first-order chi connectivity index (χ1) is 14.8. The fourth-order valence-electron chi connectivity index (χ4n) is 3.07. The van der Waals surface area contributed by atoms with Crippen molar-refractivity contribution in [2.45, 2.75) is 38.9 Å². The van der Waals surface area contributed by atoms with Gasteiger partial charge in [0.05, 0.1) is 29.6 Å². The summed E-state index contributed by atoms with van der Waals surface area (Å²) in [5.41, 5.74) is 1.17. The van der Waals surface area contributed by atoms with Gasteiger partial charge in [0.2, 0.25) is 0 Å². The molecule has 0 unspecified atom stereocenters. The number of nitrogens with zero attached hydrogens (tertiary/aromatic N) is 2. The summed E-state index contributed by atoms with van der Waals surface area (Å²) in [6.45, 7) is 6.74. The number of fused-ring (bicyclic) bond motifs is 1. The lowest BCUT2D eigenvalue weighted by Gasteiger charge is -2.21. The van der Waals surface area contributed by atoms with Gasteiger partial charge in [0.1, 0.15) is 0 Å². The van der Waals surface area contributed by atoms with Crippen molar-refractivity contribution in [3.8, 4) is 0 Å². The molecule has 0 spiro atoms. The zero-order valence-electron chi connectivity index (χ0n) is 17.7. The molecule has 3 rings (SSSR count). The van der Waals surface area contributed by atoms with Gasteiger partial charge in [0.15, 0.2) is 5.16 Å². The largest absolute Gasteiger partial charge is 0.463 e. The standard InChI is InChI=1S/C21H25ClN4O4S/c1-4-30-19(28)15-10-23-20(29)24-17(15)11-31-21-25-16-9-13(22)5-6-14(16)18(27)26(21)8-7-12(2)3/h5-6,9,12H,4,7-8,10-11H2,1-3H3,(H2,23,24,29). The van der Waals surface area contributed by atoms with E-state index in [4.69, 9.17) is 16.3 Å². The SMILES string of the molecule is CCOC(=O)C1=C(CSc2nc3cc(Cl)ccc3c(=O)n2CCC(C)C)NC(=O)NC1. The molecule has 0 aliphatic carbocycles. The Morgan fingerprint density at radius 2 is 2.13 bits per heavy atom. The van der Waals surface area contributed by atoms with Crippen LogP contribution in [0.5, 0.6) is 0 Å². The lowest BCUT2D eigenvalue weighted by atomic mass is 10.1. The van der Waals surface area contributed by atoms with Gasteiger partial charge in [-0.2, -0.15) is 0 Å². The molecular weight excluding hydrogens is 440 g/mol. The summed E-state index contributed by atoms with van der Waals surface area (Å²) in [6.07, 6.45) is 0.811. The molecule has 1 aromatic heterocycles. The number of carbonyl (C=O) groups is 2. The Kier molecular flexibility index (Phi) is 7.61. The Balaban J connectivity index is 1.98. The normalized spacial score (nSPS) is 14.0. The average Bonchev–Trinajstić information content (AvgIpc) is 2.71. The van der Waals surface area contributed by atoms with Gasteiger partial charge in [-0.25, -0.2) is 14.6 Å². The Bertz CT molecular complexity index is 1100. The first kappa shape index (κ1) is 23.1. The van der Waals surface area contributed by atoms with E-state index in [9.17, 15) is 14.4 Å². The molecule has 1 aliphatic heterocycles. The molecule has 0 saturated carbocycles. The molecule has 8 nitrogen and oxygen atoms in total. The molecule has 0 fully saturated rings. The van der Waals surface area contributed by atoms with Gasteiger partial charge in [-0.05, 0) is 37.5 Å². The number of halogens is 1. The van der Waals surface area contributed by atoms with E-state index in [0.29, 0.717) is 44.8 Å². The van der Waals surface area contributed by atoms with E-state index in [1.54, 1.807) is 29.7 Å². The molecule has 0 atom stereocenters. The van der Waals surface area contributed by atoms with E-state index in [2.05, 4.69) is 29.5 Å². The lowest BCUT2D eigenvalue weighted by Crippen LogP contribution is -2.44. The third kappa shape index (κ3) is 5.59. The summed E-state index contributed by atoms with van der Waals surface area (Å²) in [6, 6.07) is 4.62. The van der Waals surface area contributed by atoms with Crippen LogP contribution in [0, 0.1) is 5.92 Å². The molecule has 2 aromatic rings. The molecular formula is C21H25ClN4O4S. The number of thioether (sulfide) groups is 1. The smallest absolute Gasteiger partial charge is 0.337 e. The van der Waals surface area contributed by atoms with E-state index in [1.807, 2.05) is 0 Å². The minimum absolute atomic E-state index is 0.0848. The molecule has 0 bridgehead atoms. The van der Waals surface area contributed by atoms with Crippen molar-refractivity contribution in [1.82, 2.24) is 20.2 Å². The number of hydrogen-bond donors (Lipinski definition) is 2. The fourth-order valence-corrected chi connectivity index (χ4v) is 4.25. The number of aromatic nitrogens is 2. The van der Waals surface area contributed by atoms with Gasteiger partial charge in [0, 0.05) is 23.0 Å². The number of rotatable bonds is 8. The zero-order valence-corrected chi connectivity index (χ0v) is 19.2. The Labute approximate surface area is 189 Å². The molecule has 166 valence electrons. The first-order valence-corrected chi connectivity index (χ1v) is 11.4. The van der Waals surface area contributed by atoms with Crippen LogP contribution in [-0.2, 0) is 16.1 Å². The molecule has 1 aliphatic rings. The van der Waals surface area contributed by atoms with Crippen molar-refractivity contribution in [3.05, 3.63) is 44.8 Å². The van der Waals surface area contributed by atoms with Gasteiger partial charge in [-0.3, -0.25) is 9.36 Å². The second-order valence-corrected chi connectivity index (χ2v) is 8.85. The van der Waals surface area contributed by atoms with Crippen LogP contribution < -0.4 is 16.2 Å². The fraction of sp³-hybridized carbons (Fsp3) is 0.429. The second-order valence-electron chi connectivity index (χ2n) is 7.47. The summed E-state index contributed by atoms with van der Waals surface area (Å²) >= 11 is 7.38. The number of urea groups is 1. The molecule has 10 heteroatoms. The number of esters is 1. The molecule has 2 amide bonds. The molecule has 2 N–H and O–H groups in total. The van der Waals surface area contributed by atoms with E-state index in [-0.39, 0.29) is 30.5 Å². The van der Waals surface area contributed by atoms with Crippen LogP contribution in [0.25, 0.3) is 10.9 Å². The van der Waals surface area contributed by atoms with Crippen molar-refractivity contribution in [3.63, 3.8) is 0 Å². The lowest BCUT2D eigenvalue weighted by molar-refractivity contribution is -0.138.